The smallest absolute Gasteiger partial charge is 0.341 e. The van der Waals surface area contributed by atoms with E-state index in [9.17, 15) is 14.4 Å². The van der Waals surface area contributed by atoms with Crippen molar-refractivity contribution in [3.05, 3.63) is 74.0 Å². The zero-order chi connectivity index (χ0) is 24.2. The quantitative estimate of drug-likeness (QED) is 0.317. The number of rotatable bonds is 8. The maximum Gasteiger partial charge on any atom is 0.341 e. The molecule has 0 saturated carbocycles. The molecule has 1 aliphatic rings. The third kappa shape index (κ3) is 5.45. The third-order valence-electron chi connectivity index (χ3n) is 4.86. The Balaban J connectivity index is 1.49. The van der Waals surface area contributed by atoms with Crippen molar-refractivity contribution in [2.45, 2.75) is 0 Å². The Morgan fingerprint density at radius 3 is 2.62 bits per heavy atom. The molecule has 0 aromatic heterocycles. The van der Waals surface area contributed by atoms with Crippen LogP contribution in [0.2, 0.25) is 0 Å². The number of aliphatic carboxylic acids is 1. The number of carbonyl (C=O) groups excluding carboxylic acids is 2. The van der Waals surface area contributed by atoms with Crippen LogP contribution in [-0.4, -0.2) is 46.9 Å². The molecule has 174 valence electrons. The number of carboxylic acids is 1. The van der Waals surface area contributed by atoms with Crippen molar-refractivity contribution in [3.8, 4) is 11.5 Å². The minimum absolute atomic E-state index is 0.0930. The maximum absolute atomic E-state index is 12.9. The molecule has 1 fully saturated rings. The zero-order valence-electron chi connectivity index (χ0n) is 17.5. The van der Waals surface area contributed by atoms with Crippen LogP contribution >= 0.6 is 43.6 Å². The van der Waals surface area contributed by atoms with Crippen molar-refractivity contribution < 1.29 is 29.0 Å². The molecule has 4 rings (SSSR count). The molecular weight excluding hydrogens is 590 g/mol. The lowest BCUT2D eigenvalue weighted by molar-refractivity contribution is -0.139. The van der Waals surface area contributed by atoms with Gasteiger partial charge in [-0.1, -0.05) is 52.3 Å². The largest absolute Gasteiger partial charge is 0.491 e. The van der Waals surface area contributed by atoms with Crippen LogP contribution in [0.25, 0.3) is 16.8 Å². The summed E-state index contributed by atoms with van der Waals surface area (Å²) in [5.41, 5.74) is 0.458. The van der Waals surface area contributed by atoms with E-state index in [2.05, 4.69) is 31.9 Å². The van der Waals surface area contributed by atoms with Gasteiger partial charge in [-0.05, 0) is 57.4 Å². The molecule has 34 heavy (non-hydrogen) atoms. The van der Waals surface area contributed by atoms with Crippen molar-refractivity contribution >= 4 is 77.6 Å². The average Bonchev–Trinajstić information content (AvgIpc) is 3.05. The molecule has 0 atom stereocenters. The van der Waals surface area contributed by atoms with Crippen molar-refractivity contribution in [1.82, 2.24) is 4.90 Å². The molecule has 0 unspecified atom stereocenters. The summed E-state index contributed by atoms with van der Waals surface area (Å²) in [4.78, 5) is 37.7. The zero-order valence-corrected chi connectivity index (χ0v) is 21.5. The number of hydrogen-bond acceptors (Lipinski definition) is 6. The predicted molar refractivity (Wildman–Crippen MR) is 137 cm³/mol. The number of carboxylic acid groups (broad SMARTS) is 1. The molecule has 7 nitrogen and oxygen atoms in total. The molecule has 2 amide bonds. The Kier molecular flexibility index (Phi) is 7.60. The van der Waals surface area contributed by atoms with E-state index in [1.807, 2.05) is 42.5 Å². The van der Waals surface area contributed by atoms with Crippen LogP contribution in [0.3, 0.4) is 0 Å². The average molecular weight is 607 g/mol. The molecule has 3 aromatic carbocycles. The standard InChI is InChI=1S/C24H17Br2NO6S/c25-16-10-15(22(18(26)12-16)33-13-21(28)29)11-20-23(30)27(24(31)34-20)8-9-32-19-7-3-5-14-4-1-2-6-17(14)19/h1-7,10-12H,8-9,13H2,(H,28,29)/b20-11-. The summed E-state index contributed by atoms with van der Waals surface area (Å²) >= 11 is 7.53. The molecule has 10 heteroatoms. The number of thioether (sulfide) groups is 1. The molecule has 0 spiro atoms. The minimum atomic E-state index is -1.13. The van der Waals surface area contributed by atoms with E-state index >= 15 is 0 Å². The van der Waals surface area contributed by atoms with Gasteiger partial charge in [0.1, 0.15) is 18.1 Å². The number of carbonyl (C=O) groups is 3. The molecule has 0 aliphatic carbocycles. The van der Waals surface area contributed by atoms with E-state index in [-0.39, 0.29) is 23.8 Å². The van der Waals surface area contributed by atoms with E-state index < -0.39 is 23.7 Å². The van der Waals surface area contributed by atoms with E-state index in [4.69, 9.17) is 14.6 Å². The molecule has 1 N–H and O–H groups in total. The number of halogens is 2. The third-order valence-corrected chi connectivity index (χ3v) is 6.81. The second-order valence-corrected chi connectivity index (χ2v) is 9.91. The van der Waals surface area contributed by atoms with Gasteiger partial charge in [-0.15, -0.1) is 0 Å². The SMILES string of the molecule is O=C(O)COc1c(Br)cc(Br)cc1/C=C1\SC(=O)N(CCOc2cccc3ccccc23)C1=O. The molecule has 0 bridgehead atoms. The summed E-state index contributed by atoms with van der Waals surface area (Å²) in [6.07, 6.45) is 1.52. The van der Waals surface area contributed by atoms with Gasteiger partial charge in [0.05, 0.1) is 15.9 Å². The highest BCUT2D eigenvalue weighted by molar-refractivity contribution is 9.11. The number of benzene rings is 3. The molecular formula is C24H17Br2NO6S. The normalized spacial score (nSPS) is 14.8. The van der Waals surface area contributed by atoms with E-state index in [1.165, 1.54) is 6.08 Å². The number of imide groups is 1. The fourth-order valence-electron chi connectivity index (χ4n) is 3.38. The van der Waals surface area contributed by atoms with Crippen LogP contribution < -0.4 is 9.47 Å². The lowest BCUT2D eigenvalue weighted by Crippen LogP contribution is -2.32. The summed E-state index contributed by atoms with van der Waals surface area (Å²) < 4.78 is 12.5. The molecule has 0 radical (unpaired) electrons. The van der Waals surface area contributed by atoms with Gasteiger partial charge in [-0.25, -0.2) is 4.79 Å². The van der Waals surface area contributed by atoms with Crippen molar-refractivity contribution in [2.75, 3.05) is 19.8 Å². The Hall–Kier alpha value is -2.82. The Labute approximate surface area is 216 Å². The van der Waals surface area contributed by atoms with Gasteiger partial charge < -0.3 is 14.6 Å². The summed E-state index contributed by atoms with van der Waals surface area (Å²) in [5, 5.41) is 10.5. The summed E-state index contributed by atoms with van der Waals surface area (Å²) in [6.45, 7) is -0.307. The van der Waals surface area contributed by atoms with Gasteiger partial charge in [-0.3, -0.25) is 14.5 Å². The lowest BCUT2D eigenvalue weighted by Gasteiger charge is -2.14. The Bertz CT molecular complexity index is 1320. The molecule has 1 heterocycles. The van der Waals surface area contributed by atoms with Crippen LogP contribution in [0.1, 0.15) is 5.56 Å². The highest BCUT2D eigenvalue weighted by atomic mass is 79.9. The lowest BCUT2D eigenvalue weighted by atomic mass is 10.1. The van der Waals surface area contributed by atoms with Crippen LogP contribution in [0.4, 0.5) is 4.79 Å². The number of hydrogen-bond donors (Lipinski definition) is 1. The second kappa shape index (κ2) is 10.6. The van der Waals surface area contributed by atoms with Crippen molar-refractivity contribution in [3.63, 3.8) is 0 Å². The monoisotopic (exact) mass is 605 g/mol. The molecule has 1 aliphatic heterocycles. The first-order chi connectivity index (χ1) is 16.3. The van der Waals surface area contributed by atoms with E-state index in [0.717, 1.165) is 27.4 Å². The minimum Gasteiger partial charge on any atom is -0.491 e. The first-order valence-corrected chi connectivity index (χ1v) is 12.4. The van der Waals surface area contributed by atoms with Crippen LogP contribution in [0.5, 0.6) is 11.5 Å². The molecule has 3 aromatic rings. The fraction of sp³-hybridized carbons (Fsp3) is 0.125. The first-order valence-electron chi connectivity index (χ1n) is 10.0. The summed E-state index contributed by atoms with van der Waals surface area (Å²) in [7, 11) is 0. The number of fused-ring (bicyclic) bond motifs is 1. The van der Waals surface area contributed by atoms with E-state index in [1.54, 1.807) is 12.1 Å². The maximum atomic E-state index is 12.9. The van der Waals surface area contributed by atoms with Crippen molar-refractivity contribution in [2.24, 2.45) is 0 Å². The Morgan fingerprint density at radius 2 is 1.82 bits per heavy atom. The summed E-state index contributed by atoms with van der Waals surface area (Å²) in [6, 6.07) is 16.9. The Morgan fingerprint density at radius 1 is 1.06 bits per heavy atom. The highest BCUT2D eigenvalue weighted by Gasteiger charge is 2.35. The van der Waals surface area contributed by atoms with Gasteiger partial charge in [-0.2, -0.15) is 0 Å². The fourth-order valence-corrected chi connectivity index (χ4v) is 5.60. The van der Waals surface area contributed by atoms with Gasteiger partial charge in [0.25, 0.3) is 11.1 Å². The van der Waals surface area contributed by atoms with Crippen LogP contribution in [-0.2, 0) is 9.59 Å². The van der Waals surface area contributed by atoms with Gasteiger partial charge >= 0.3 is 5.97 Å². The second-order valence-electron chi connectivity index (χ2n) is 7.15. The topological polar surface area (TPSA) is 93.1 Å². The first kappa shape index (κ1) is 24.3. The number of ether oxygens (including phenoxy) is 2. The number of amides is 2. The van der Waals surface area contributed by atoms with Gasteiger partial charge in [0, 0.05) is 15.4 Å². The number of nitrogens with zero attached hydrogens (tertiary/aromatic N) is 1. The van der Waals surface area contributed by atoms with Crippen LogP contribution in [0, 0.1) is 0 Å². The summed E-state index contributed by atoms with van der Waals surface area (Å²) in [5.74, 6) is -0.638. The van der Waals surface area contributed by atoms with Crippen LogP contribution in [0.15, 0.2) is 68.4 Å². The predicted octanol–water partition coefficient (Wildman–Crippen LogP) is 5.94. The van der Waals surface area contributed by atoms with E-state index in [0.29, 0.717) is 20.3 Å². The molecule has 1 saturated heterocycles. The van der Waals surface area contributed by atoms with Gasteiger partial charge in [0.2, 0.25) is 0 Å². The van der Waals surface area contributed by atoms with Gasteiger partial charge in [0.15, 0.2) is 6.61 Å². The highest BCUT2D eigenvalue weighted by Crippen LogP contribution is 2.38. The van der Waals surface area contributed by atoms with Crippen molar-refractivity contribution in [1.29, 1.82) is 0 Å².